The molecule has 3 N–H and O–H groups in total. The van der Waals surface area contributed by atoms with Crippen LogP contribution in [0, 0.1) is 0 Å². The molecule has 0 unspecified atom stereocenters. The minimum absolute atomic E-state index is 0.313. The largest absolute Gasteiger partial charge is 0.497 e. The van der Waals surface area contributed by atoms with Crippen LogP contribution in [-0.2, 0) is 13.6 Å². The molecular weight excluding hydrogens is 252 g/mol. The average Bonchev–Trinajstić information content (AvgIpc) is 2.72. The Balaban J connectivity index is 2.14. The number of nitrogen functional groups attached to an aromatic ring is 1. The van der Waals surface area contributed by atoms with Crippen molar-refractivity contribution in [2.45, 2.75) is 26.3 Å². The van der Waals surface area contributed by atoms with Crippen LogP contribution in [0.5, 0.6) is 5.75 Å². The fraction of sp³-hybridized carbons (Fsp3) is 0.400. The van der Waals surface area contributed by atoms with E-state index in [9.17, 15) is 0 Å². The van der Waals surface area contributed by atoms with Crippen LogP contribution in [0.25, 0.3) is 0 Å². The normalized spacial score (nSPS) is 10.8. The third-order valence-electron chi connectivity index (χ3n) is 3.25. The van der Waals surface area contributed by atoms with E-state index in [-0.39, 0.29) is 0 Å². The Morgan fingerprint density at radius 1 is 1.40 bits per heavy atom. The summed E-state index contributed by atoms with van der Waals surface area (Å²) in [6, 6.07) is 7.95. The standard InChI is InChI=1S/C15H22N4O/c1-10(2)14-13(16)15(19(3)18-14)17-9-11-6-5-7-12(8-11)20-4/h5-8,10,17H,9,16H2,1-4H3. The zero-order chi connectivity index (χ0) is 14.7. The second kappa shape index (κ2) is 5.86. The minimum Gasteiger partial charge on any atom is -0.497 e. The van der Waals surface area contributed by atoms with Crippen LogP contribution in [-0.4, -0.2) is 16.9 Å². The number of methoxy groups -OCH3 is 1. The van der Waals surface area contributed by atoms with Crippen LogP contribution in [0.4, 0.5) is 11.5 Å². The lowest BCUT2D eigenvalue weighted by atomic mass is 10.1. The highest BCUT2D eigenvalue weighted by Crippen LogP contribution is 2.28. The highest BCUT2D eigenvalue weighted by Gasteiger charge is 2.15. The molecule has 0 saturated heterocycles. The van der Waals surface area contributed by atoms with Gasteiger partial charge in [0.15, 0.2) is 0 Å². The van der Waals surface area contributed by atoms with Gasteiger partial charge in [-0.25, -0.2) is 0 Å². The Morgan fingerprint density at radius 2 is 2.15 bits per heavy atom. The highest BCUT2D eigenvalue weighted by molar-refractivity contribution is 5.65. The first-order valence-electron chi connectivity index (χ1n) is 6.72. The second-order valence-electron chi connectivity index (χ2n) is 5.13. The predicted molar refractivity (Wildman–Crippen MR) is 82.0 cm³/mol. The number of nitrogens with zero attached hydrogens (tertiary/aromatic N) is 2. The van der Waals surface area contributed by atoms with Crippen molar-refractivity contribution in [2.75, 3.05) is 18.2 Å². The molecule has 2 aromatic rings. The van der Waals surface area contributed by atoms with E-state index in [0.717, 1.165) is 28.5 Å². The Bertz CT molecular complexity index is 590. The molecule has 0 atom stereocenters. The van der Waals surface area contributed by atoms with Gasteiger partial charge in [0.1, 0.15) is 11.6 Å². The highest BCUT2D eigenvalue weighted by atomic mass is 16.5. The van der Waals surface area contributed by atoms with E-state index in [1.807, 2.05) is 31.3 Å². The Kier molecular flexibility index (Phi) is 4.17. The summed E-state index contributed by atoms with van der Waals surface area (Å²) in [4.78, 5) is 0. The van der Waals surface area contributed by atoms with E-state index < -0.39 is 0 Å². The number of aryl methyl sites for hydroxylation is 1. The lowest BCUT2D eigenvalue weighted by molar-refractivity contribution is 0.414. The van der Waals surface area contributed by atoms with Crippen LogP contribution in [0.2, 0.25) is 0 Å². The molecule has 1 aromatic heterocycles. The molecular formula is C15H22N4O. The molecule has 5 nitrogen and oxygen atoms in total. The molecule has 20 heavy (non-hydrogen) atoms. The van der Waals surface area contributed by atoms with Gasteiger partial charge < -0.3 is 15.8 Å². The van der Waals surface area contributed by atoms with Gasteiger partial charge >= 0.3 is 0 Å². The summed E-state index contributed by atoms with van der Waals surface area (Å²) in [5.74, 6) is 2.02. The van der Waals surface area contributed by atoms with Crippen LogP contribution < -0.4 is 15.8 Å². The van der Waals surface area contributed by atoms with Crippen LogP contribution in [0.15, 0.2) is 24.3 Å². The first kappa shape index (κ1) is 14.2. The summed E-state index contributed by atoms with van der Waals surface area (Å²) in [5, 5.41) is 7.80. The topological polar surface area (TPSA) is 65.1 Å². The minimum atomic E-state index is 0.313. The van der Waals surface area contributed by atoms with Crippen molar-refractivity contribution in [3.8, 4) is 5.75 Å². The van der Waals surface area contributed by atoms with Gasteiger partial charge in [-0.3, -0.25) is 4.68 Å². The van der Waals surface area contributed by atoms with Crippen molar-refractivity contribution in [3.05, 3.63) is 35.5 Å². The number of anilines is 2. The predicted octanol–water partition coefficient (Wildman–Crippen LogP) is 2.75. The summed E-state index contributed by atoms with van der Waals surface area (Å²) in [6.45, 7) is 4.85. The molecule has 0 spiro atoms. The van der Waals surface area contributed by atoms with Crippen molar-refractivity contribution in [1.82, 2.24) is 9.78 Å². The molecule has 0 aliphatic rings. The Labute approximate surface area is 119 Å². The van der Waals surface area contributed by atoms with Crippen LogP contribution in [0.1, 0.15) is 31.0 Å². The fourth-order valence-electron chi connectivity index (χ4n) is 2.17. The molecule has 0 bridgehead atoms. The number of rotatable bonds is 5. The monoisotopic (exact) mass is 274 g/mol. The first-order valence-corrected chi connectivity index (χ1v) is 6.72. The van der Waals surface area contributed by atoms with Gasteiger partial charge in [-0.2, -0.15) is 5.10 Å². The van der Waals surface area contributed by atoms with Crippen molar-refractivity contribution >= 4 is 11.5 Å². The number of ether oxygens (including phenoxy) is 1. The summed E-state index contributed by atoms with van der Waals surface area (Å²) in [7, 11) is 3.57. The van der Waals surface area contributed by atoms with Gasteiger partial charge in [-0.05, 0) is 23.6 Å². The quantitative estimate of drug-likeness (QED) is 0.880. The van der Waals surface area contributed by atoms with E-state index in [2.05, 4.69) is 24.3 Å². The molecule has 2 rings (SSSR count). The maximum atomic E-state index is 6.15. The van der Waals surface area contributed by atoms with Crippen LogP contribution >= 0.6 is 0 Å². The molecule has 0 fully saturated rings. The van der Waals surface area contributed by atoms with Crippen molar-refractivity contribution in [3.63, 3.8) is 0 Å². The van der Waals surface area contributed by atoms with E-state index in [4.69, 9.17) is 10.5 Å². The molecule has 108 valence electrons. The number of aromatic nitrogens is 2. The lowest BCUT2D eigenvalue weighted by Crippen LogP contribution is -2.06. The number of hydrogen-bond acceptors (Lipinski definition) is 4. The smallest absolute Gasteiger partial charge is 0.148 e. The average molecular weight is 274 g/mol. The molecule has 5 heteroatoms. The van der Waals surface area contributed by atoms with E-state index >= 15 is 0 Å². The fourth-order valence-corrected chi connectivity index (χ4v) is 2.17. The van der Waals surface area contributed by atoms with Gasteiger partial charge in [-0.15, -0.1) is 0 Å². The molecule has 1 aromatic carbocycles. The molecule has 0 aliphatic heterocycles. The Hall–Kier alpha value is -2.17. The van der Waals surface area contributed by atoms with E-state index in [1.165, 1.54) is 0 Å². The number of benzene rings is 1. The second-order valence-corrected chi connectivity index (χ2v) is 5.13. The van der Waals surface area contributed by atoms with E-state index in [1.54, 1.807) is 11.8 Å². The first-order chi connectivity index (χ1) is 9.52. The van der Waals surface area contributed by atoms with Crippen molar-refractivity contribution in [1.29, 1.82) is 0 Å². The number of nitrogens with two attached hydrogens (primary N) is 1. The van der Waals surface area contributed by atoms with Crippen molar-refractivity contribution < 1.29 is 4.74 Å². The molecule has 0 amide bonds. The lowest BCUT2D eigenvalue weighted by Gasteiger charge is -2.09. The number of nitrogens with one attached hydrogen (secondary N) is 1. The van der Waals surface area contributed by atoms with Crippen molar-refractivity contribution in [2.24, 2.45) is 7.05 Å². The SMILES string of the molecule is COc1cccc(CNc2c(N)c(C(C)C)nn2C)c1. The molecule has 1 heterocycles. The maximum Gasteiger partial charge on any atom is 0.148 e. The summed E-state index contributed by atoms with van der Waals surface area (Å²) < 4.78 is 7.02. The summed E-state index contributed by atoms with van der Waals surface area (Å²) in [5.41, 5.74) is 8.95. The van der Waals surface area contributed by atoms with Gasteiger partial charge in [0.05, 0.1) is 18.5 Å². The van der Waals surface area contributed by atoms with Crippen LogP contribution in [0.3, 0.4) is 0 Å². The molecule has 0 saturated carbocycles. The third kappa shape index (κ3) is 2.87. The molecule has 0 aliphatic carbocycles. The third-order valence-corrected chi connectivity index (χ3v) is 3.25. The van der Waals surface area contributed by atoms with Gasteiger partial charge in [0.25, 0.3) is 0 Å². The zero-order valence-corrected chi connectivity index (χ0v) is 12.5. The zero-order valence-electron chi connectivity index (χ0n) is 12.5. The summed E-state index contributed by atoms with van der Waals surface area (Å²) >= 11 is 0. The van der Waals surface area contributed by atoms with Gasteiger partial charge in [0, 0.05) is 13.6 Å². The maximum absolute atomic E-state index is 6.15. The number of hydrogen-bond donors (Lipinski definition) is 2. The van der Waals surface area contributed by atoms with Gasteiger partial charge in [-0.1, -0.05) is 26.0 Å². The summed E-state index contributed by atoms with van der Waals surface area (Å²) in [6.07, 6.45) is 0. The molecule has 0 radical (unpaired) electrons. The Morgan fingerprint density at radius 3 is 2.75 bits per heavy atom. The van der Waals surface area contributed by atoms with E-state index in [0.29, 0.717) is 12.5 Å². The van der Waals surface area contributed by atoms with Gasteiger partial charge in [0.2, 0.25) is 0 Å².